The maximum atomic E-state index is 12.3. The second-order valence-electron chi connectivity index (χ2n) is 5.00. The summed E-state index contributed by atoms with van der Waals surface area (Å²) in [6.45, 7) is 0. The summed E-state index contributed by atoms with van der Waals surface area (Å²) in [4.78, 5) is 35.6. The van der Waals surface area contributed by atoms with E-state index in [2.05, 4.69) is 21.2 Å². The number of anilines is 1. The van der Waals surface area contributed by atoms with Crippen molar-refractivity contribution in [3.8, 4) is 0 Å². The molecule has 6 heteroatoms. The number of nitrogens with two attached hydrogens (primary N) is 1. The van der Waals surface area contributed by atoms with Crippen LogP contribution in [0, 0.1) is 0 Å². The van der Waals surface area contributed by atoms with Crippen molar-refractivity contribution in [2.24, 2.45) is 0 Å². The van der Waals surface area contributed by atoms with E-state index in [1.807, 2.05) is 6.07 Å². The lowest BCUT2D eigenvalue weighted by molar-refractivity contribution is 0.0878. The lowest BCUT2D eigenvalue weighted by Crippen LogP contribution is -2.20. The number of rotatable bonds is 3. The highest BCUT2D eigenvalue weighted by Gasteiger charge is 2.29. The fraction of sp³-hybridized carbons (Fsp3) is 0.0625. The van der Waals surface area contributed by atoms with Crippen LogP contribution in [0.4, 0.5) is 5.69 Å². The van der Waals surface area contributed by atoms with Gasteiger partial charge in [-0.1, -0.05) is 28.1 Å². The predicted octanol–water partition coefficient (Wildman–Crippen LogP) is 2.34. The lowest BCUT2D eigenvalue weighted by atomic mass is 9.98. The molecule has 2 amide bonds. The van der Waals surface area contributed by atoms with E-state index in [0.29, 0.717) is 11.1 Å². The molecule has 2 aromatic rings. The van der Waals surface area contributed by atoms with Gasteiger partial charge in [-0.2, -0.15) is 0 Å². The molecule has 3 N–H and O–H groups in total. The Morgan fingerprint density at radius 3 is 2.64 bits per heavy atom. The lowest BCUT2D eigenvalue weighted by Gasteiger charge is -2.06. The van der Waals surface area contributed by atoms with Crippen molar-refractivity contribution in [3.05, 3.63) is 63.1 Å². The van der Waals surface area contributed by atoms with Crippen molar-refractivity contribution in [2.75, 3.05) is 5.73 Å². The molecule has 0 aliphatic carbocycles. The highest BCUT2D eigenvalue weighted by atomic mass is 79.9. The van der Waals surface area contributed by atoms with Crippen molar-refractivity contribution in [2.45, 2.75) is 6.42 Å². The third-order valence-electron chi connectivity index (χ3n) is 3.44. The molecule has 0 saturated carbocycles. The Kier molecular flexibility index (Phi) is 3.54. The number of carbonyl (C=O) groups excluding carboxylic acids is 3. The molecule has 1 aliphatic heterocycles. The number of benzene rings is 2. The number of fused-ring (bicyclic) bond motifs is 1. The average Bonchev–Trinajstić information content (AvgIpc) is 2.74. The van der Waals surface area contributed by atoms with E-state index >= 15 is 0 Å². The van der Waals surface area contributed by atoms with Gasteiger partial charge in [-0.15, -0.1) is 0 Å². The number of hydrogen-bond donors (Lipinski definition) is 2. The second kappa shape index (κ2) is 5.38. The predicted molar refractivity (Wildman–Crippen MR) is 84.8 cm³/mol. The molecule has 0 bridgehead atoms. The first-order valence-electron chi connectivity index (χ1n) is 6.52. The summed E-state index contributed by atoms with van der Waals surface area (Å²) in [7, 11) is 0. The number of Topliss-reactive ketones (excluding diaryl/α,β-unsaturated/α-hetero) is 1. The zero-order chi connectivity index (χ0) is 15.9. The van der Waals surface area contributed by atoms with Gasteiger partial charge in [0.1, 0.15) is 0 Å². The number of amides is 2. The van der Waals surface area contributed by atoms with Gasteiger partial charge in [0.15, 0.2) is 5.78 Å². The first kappa shape index (κ1) is 14.5. The largest absolute Gasteiger partial charge is 0.398 e. The van der Waals surface area contributed by atoms with E-state index < -0.39 is 11.8 Å². The summed E-state index contributed by atoms with van der Waals surface area (Å²) in [6, 6.07) is 10.2. The minimum atomic E-state index is -0.498. The summed E-state index contributed by atoms with van der Waals surface area (Å²) in [5.41, 5.74) is 7.61. The van der Waals surface area contributed by atoms with Crippen LogP contribution in [0.1, 0.15) is 36.6 Å². The van der Waals surface area contributed by atoms with Gasteiger partial charge in [0.25, 0.3) is 11.8 Å². The molecule has 0 atom stereocenters. The zero-order valence-corrected chi connectivity index (χ0v) is 12.9. The molecule has 0 saturated heterocycles. The quantitative estimate of drug-likeness (QED) is 0.500. The van der Waals surface area contributed by atoms with Crippen LogP contribution >= 0.6 is 15.9 Å². The van der Waals surface area contributed by atoms with Crippen LogP contribution in [-0.2, 0) is 6.42 Å². The Morgan fingerprint density at radius 1 is 1.14 bits per heavy atom. The number of hydrogen-bond acceptors (Lipinski definition) is 4. The fourth-order valence-corrected chi connectivity index (χ4v) is 2.84. The van der Waals surface area contributed by atoms with Crippen LogP contribution in [0.3, 0.4) is 0 Å². The van der Waals surface area contributed by atoms with Crippen LogP contribution in [0.5, 0.6) is 0 Å². The minimum Gasteiger partial charge on any atom is -0.398 e. The third kappa shape index (κ3) is 2.53. The second-order valence-corrected chi connectivity index (χ2v) is 5.92. The van der Waals surface area contributed by atoms with E-state index in [0.717, 1.165) is 4.47 Å². The Morgan fingerprint density at radius 2 is 1.91 bits per heavy atom. The summed E-state index contributed by atoms with van der Waals surface area (Å²) in [5, 5.41) is 2.19. The number of nitrogen functional groups attached to an aromatic ring is 1. The summed E-state index contributed by atoms with van der Waals surface area (Å²) >= 11 is 3.32. The number of ketones is 1. The van der Waals surface area contributed by atoms with Gasteiger partial charge < -0.3 is 5.73 Å². The zero-order valence-electron chi connectivity index (χ0n) is 11.4. The molecule has 1 aliphatic rings. The Labute approximate surface area is 134 Å². The monoisotopic (exact) mass is 358 g/mol. The third-order valence-corrected chi connectivity index (χ3v) is 3.93. The van der Waals surface area contributed by atoms with Gasteiger partial charge in [0, 0.05) is 22.1 Å². The van der Waals surface area contributed by atoms with Crippen molar-refractivity contribution >= 4 is 39.2 Å². The number of nitrogens with one attached hydrogen (secondary N) is 1. The molecule has 0 fully saturated rings. The van der Waals surface area contributed by atoms with Crippen molar-refractivity contribution in [3.63, 3.8) is 0 Å². The van der Waals surface area contributed by atoms with Gasteiger partial charge in [-0.05, 0) is 29.8 Å². The summed E-state index contributed by atoms with van der Waals surface area (Å²) in [6.07, 6.45) is 0.107. The molecule has 5 nitrogen and oxygen atoms in total. The van der Waals surface area contributed by atoms with Crippen LogP contribution in [0.25, 0.3) is 0 Å². The number of halogens is 1. The first-order chi connectivity index (χ1) is 10.5. The SMILES string of the molecule is Nc1cc(CC(=O)c2cccc(Br)c2)cc2c1C(=O)NC2=O. The van der Waals surface area contributed by atoms with Crippen molar-refractivity contribution in [1.29, 1.82) is 0 Å². The normalized spacial score (nSPS) is 13.0. The number of imide groups is 1. The highest BCUT2D eigenvalue weighted by Crippen LogP contribution is 2.25. The Balaban J connectivity index is 1.93. The topological polar surface area (TPSA) is 89.3 Å². The molecule has 2 aromatic carbocycles. The van der Waals surface area contributed by atoms with Crippen molar-refractivity contribution < 1.29 is 14.4 Å². The van der Waals surface area contributed by atoms with Crippen LogP contribution in [-0.4, -0.2) is 17.6 Å². The molecular weight excluding hydrogens is 348 g/mol. The van der Waals surface area contributed by atoms with Crippen LogP contribution < -0.4 is 11.1 Å². The standard InChI is InChI=1S/C16H11BrN2O3/c17-10-3-1-2-9(7-10)13(20)6-8-4-11-14(12(18)5-8)16(22)19-15(11)21/h1-5,7H,6,18H2,(H,19,21,22). The molecular formula is C16H11BrN2O3. The molecule has 22 heavy (non-hydrogen) atoms. The van der Waals surface area contributed by atoms with Gasteiger partial charge in [-0.3, -0.25) is 19.7 Å². The minimum absolute atomic E-state index is 0.0922. The van der Waals surface area contributed by atoms with E-state index in [-0.39, 0.29) is 29.0 Å². The maximum absolute atomic E-state index is 12.3. The maximum Gasteiger partial charge on any atom is 0.261 e. The number of carbonyl (C=O) groups is 3. The molecule has 1 heterocycles. The van der Waals surface area contributed by atoms with E-state index in [1.165, 1.54) is 0 Å². The van der Waals surface area contributed by atoms with Crippen molar-refractivity contribution in [1.82, 2.24) is 5.32 Å². The summed E-state index contributed by atoms with van der Waals surface area (Å²) < 4.78 is 0.816. The smallest absolute Gasteiger partial charge is 0.261 e. The first-order valence-corrected chi connectivity index (χ1v) is 7.32. The Hall–Kier alpha value is -2.47. The Bertz CT molecular complexity index is 830. The molecule has 0 unspecified atom stereocenters. The highest BCUT2D eigenvalue weighted by molar-refractivity contribution is 9.10. The van der Waals surface area contributed by atoms with Gasteiger partial charge in [-0.25, -0.2) is 0 Å². The average molecular weight is 359 g/mol. The van der Waals surface area contributed by atoms with Crippen LogP contribution in [0.2, 0.25) is 0 Å². The molecule has 0 spiro atoms. The van der Waals surface area contributed by atoms with Gasteiger partial charge in [0.2, 0.25) is 0 Å². The van der Waals surface area contributed by atoms with Crippen LogP contribution in [0.15, 0.2) is 40.9 Å². The molecule has 3 rings (SSSR count). The van der Waals surface area contributed by atoms with Gasteiger partial charge >= 0.3 is 0 Å². The molecule has 0 aromatic heterocycles. The summed E-state index contributed by atoms with van der Waals surface area (Å²) in [5.74, 6) is -1.07. The van der Waals surface area contributed by atoms with E-state index in [1.54, 1.807) is 30.3 Å². The molecule has 0 radical (unpaired) electrons. The van der Waals surface area contributed by atoms with E-state index in [4.69, 9.17) is 5.73 Å². The van der Waals surface area contributed by atoms with Gasteiger partial charge in [0.05, 0.1) is 11.1 Å². The fourth-order valence-electron chi connectivity index (χ4n) is 2.44. The van der Waals surface area contributed by atoms with E-state index in [9.17, 15) is 14.4 Å². The molecule has 110 valence electrons.